The van der Waals surface area contributed by atoms with Crippen molar-refractivity contribution >= 4 is 23.8 Å². The first-order valence-corrected chi connectivity index (χ1v) is 11.7. The Labute approximate surface area is 189 Å². The normalized spacial score (nSPS) is 46.9. The van der Waals surface area contributed by atoms with Crippen molar-refractivity contribution in [1.29, 1.82) is 5.41 Å². The Bertz CT molecular complexity index is 870. The van der Waals surface area contributed by atoms with E-state index < -0.39 is 16.6 Å². The molecule has 10 heteroatoms. The molecule has 4 aliphatic rings. The van der Waals surface area contributed by atoms with Gasteiger partial charge in [-0.2, -0.15) is 10.2 Å². The second-order valence-electron chi connectivity index (χ2n) is 10.9. The van der Waals surface area contributed by atoms with Gasteiger partial charge in [0.15, 0.2) is 0 Å². The highest BCUT2D eigenvalue weighted by molar-refractivity contribution is 5.87. The average molecular weight is 447 g/mol. The number of aliphatic hydroxyl groups is 2. The second kappa shape index (κ2) is 7.69. The molecule has 10 nitrogen and oxygen atoms in total. The summed E-state index contributed by atoms with van der Waals surface area (Å²) >= 11 is 0. The quantitative estimate of drug-likeness (QED) is 0.192. The van der Waals surface area contributed by atoms with Gasteiger partial charge in [-0.1, -0.05) is 13.8 Å². The summed E-state index contributed by atoms with van der Waals surface area (Å²) < 4.78 is 0. The van der Waals surface area contributed by atoms with Gasteiger partial charge in [0.1, 0.15) is 5.60 Å². The van der Waals surface area contributed by atoms with Gasteiger partial charge in [0.05, 0.1) is 11.8 Å². The first kappa shape index (κ1) is 23.0. The van der Waals surface area contributed by atoms with E-state index in [-0.39, 0.29) is 23.3 Å². The fraction of sp³-hybridized carbons (Fsp3) is 0.818. The SMILES string of the molecule is C[C@]12CCC(=NNC(=N)N)CC1CC[C@@H]1[C@H]2CC[C@]2(C)C(O)(C=NN=C(N)N)CC[C@@]12O. The summed E-state index contributed by atoms with van der Waals surface area (Å²) in [6.07, 6.45) is 8.87. The number of nitrogens with one attached hydrogen (secondary N) is 2. The average Bonchev–Trinajstić information content (AvgIpc) is 2.93. The molecule has 0 amide bonds. The molecule has 2 unspecified atom stereocenters. The van der Waals surface area contributed by atoms with Gasteiger partial charge in [-0.3, -0.25) is 5.41 Å². The standard InChI is InChI=1S/C22H38N8O2/c1-19-7-5-14(28-30-18(25)26)11-13(19)3-4-16-15(19)6-8-20(2)21(31,9-10-22(16,20)32)12-27-29-17(23)24/h12-13,15-16,31-32H,3-11H2,1-2H3,(H4,23,24,29)(H4,25,26,30)/t13?,15-,16-,19+,20-,21?,22-/m1/s1. The van der Waals surface area contributed by atoms with Crippen LogP contribution in [0.1, 0.15) is 71.6 Å². The number of nitrogens with two attached hydrogens (primary N) is 3. The van der Waals surface area contributed by atoms with Gasteiger partial charge < -0.3 is 27.4 Å². The van der Waals surface area contributed by atoms with Gasteiger partial charge in [-0.25, -0.2) is 5.43 Å². The summed E-state index contributed by atoms with van der Waals surface area (Å²) in [4.78, 5) is 0. The number of rotatable bonds is 3. The smallest absolute Gasteiger partial charge is 0.211 e. The fourth-order valence-electron chi connectivity index (χ4n) is 7.72. The predicted molar refractivity (Wildman–Crippen MR) is 125 cm³/mol. The first-order chi connectivity index (χ1) is 15.0. The third-order valence-corrected chi connectivity index (χ3v) is 9.67. The van der Waals surface area contributed by atoms with Crippen LogP contribution in [0.4, 0.5) is 0 Å². The van der Waals surface area contributed by atoms with E-state index in [4.69, 9.17) is 22.6 Å². The lowest BCUT2D eigenvalue weighted by atomic mass is 9.43. The molecule has 0 spiro atoms. The lowest BCUT2D eigenvalue weighted by molar-refractivity contribution is -0.218. The molecule has 0 aromatic heterocycles. The van der Waals surface area contributed by atoms with E-state index in [1.807, 2.05) is 6.92 Å². The minimum atomic E-state index is -1.24. The zero-order chi connectivity index (χ0) is 23.4. The van der Waals surface area contributed by atoms with E-state index in [1.54, 1.807) is 0 Å². The second-order valence-corrected chi connectivity index (χ2v) is 10.9. The highest BCUT2D eigenvalue weighted by atomic mass is 16.3. The molecule has 4 fully saturated rings. The molecule has 0 aromatic carbocycles. The van der Waals surface area contributed by atoms with Crippen LogP contribution < -0.4 is 22.6 Å². The lowest BCUT2D eigenvalue weighted by Gasteiger charge is -2.63. The van der Waals surface area contributed by atoms with Gasteiger partial charge in [0.2, 0.25) is 11.9 Å². The van der Waals surface area contributed by atoms with E-state index in [9.17, 15) is 10.2 Å². The van der Waals surface area contributed by atoms with Crippen LogP contribution in [-0.2, 0) is 0 Å². The number of guanidine groups is 2. The van der Waals surface area contributed by atoms with Gasteiger partial charge in [0.25, 0.3) is 0 Å². The summed E-state index contributed by atoms with van der Waals surface area (Å²) in [7, 11) is 0. The molecular formula is C22H38N8O2. The van der Waals surface area contributed by atoms with Crippen LogP contribution in [-0.4, -0.2) is 45.3 Å². The van der Waals surface area contributed by atoms with Crippen LogP contribution in [0, 0.1) is 34.0 Å². The molecule has 0 radical (unpaired) electrons. The van der Waals surface area contributed by atoms with E-state index in [1.165, 1.54) is 6.21 Å². The maximum atomic E-state index is 12.1. The highest BCUT2D eigenvalue weighted by Gasteiger charge is 2.71. The van der Waals surface area contributed by atoms with Crippen LogP contribution >= 0.6 is 0 Å². The van der Waals surface area contributed by atoms with E-state index in [0.29, 0.717) is 24.7 Å². The van der Waals surface area contributed by atoms with Gasteiger partial charge >= 0.3 is 0 Å². The van der Waals surface area contributed by atoms with Crippen molar-refractivity contribution < 1.29 is 10.2 Å². The molecular weight excluding hydrogens is 408 g/mol. The van der Waals surface area contributed by atoms with E-state index in [0.717, 1.165) is 50.7 Å². The molecule has 0 bridgehead atoms. The largest absolute Gasteiger partial charge is 0.389 e. The summed E-state index contributed by atoms with van der Waals surface area (Å²) in [6, 6.07) is 0. The molecule has 7 atom stereocenters. The summed E-state index contributed by atoms with van der Waals surface area (Å²) in [6.45, 7) is 4.39. The van der Waals surface area contributed by atoms with Crippen LogP contribution in [0.2, 0.25) is 0 Å². The Hall–Kier alpha value is -2.20. The Morgan fingerprint density at radius 3 is 2.50 bits per heavy atom. The van der Waals surface area contributed by atoms with Crippen molar-refractivity contribution in [3.63, 3.8) is 0 Å². The fourth-order valence-corrected chi connectivity index (χ4v) is 7.72. The number of nitrogens with zero attached hydrogens (tertiary/aromatic N) is 3. The lowest BCUT2D eigenvalue weighted by Crippen LogP contribution is -2.65. The monoisotopic (exact) mass is 446 g/mol. The number of fused-ring (bicyclic) bond motifs is 5. The van der Waals surface area contributed by atoms with E-state index in [2.05, 4.69) is 27.7 Å². The van der Waals surface area contributed by atoms with Crippen molar-refractivity contribution in [1.82, 2.24) is 5.43 Å². The van der Waals surface area contributed by atoms with Crippen molar-refractivity contribution in [2.24, 2.45) is 61.1 Å². The molecule has 10 N–H and O–H groups in total. The number of hydrazone groups is 1. The molecule has 0 aliphatic heterocycles. The van der Waals surface area contributed by atoms with Crippen LogP contribution in [0.25, 0.3) is 0 Å². The number of hydrogen-bond acceptors (Lipinski definition) is 6. The third kappa shape index (κ3) is 3.30. The zero-order valence-electron chi connectivity index (χ0n) is 19.1. The number of hydrogen-bond donors (Lipinski definition) is 7. The van der Waals surface area contributed by atoms with Crippen molar-refractivity contribution in [2.75, 3.05) is 0 Å². The summed E-state index contributed by atoms with van der Waals surface area (Å²) in [5, 5.41) is 42.9. The molecule has 0 saturated heterocycles. The van der Waals surface area contributed by atoms with Crippen LogP contribution in [0.15, 0.2) is 15.3 Å². The minimum absolute atomic E-state index is 0.127. The molecule has 0 aromatic rings. The topological polar surface area (TPSA) is 191 Å². The van der Waals surface area contributed by atoms with Gasteiger partial charge in [-0.05, 0) is 81.0 Å². The van der Waals surface area contributed by atoms with Crippen molar-refractivity contribution in [3.05, 3.63) is 0 Å². The van der Waals surface area contributed by atoms with E-state index >= 15 is 0 Å². The van der Waals surface area contributed by atoms with Gasteiger partial charge in [-0.15, -0.1) is 5.10 Å². The highest BCUT2D eigenvalue weighted by Crippen LogP contribution is 2.69. The van der Waals surface area contributed by atoms with Gasteiger partial charge in [0, 0.05) is 11.1 Å². The Balaban J connectivity index is 1.58. The molecule has 0 heterocycles. The molecule has 178 valence electrons. The van der Waals surface area contributed by atoms with Crippen LogP contribution in [0.3, 0.4) is 0 Å². The zero-order valence-corrected chi connectivity index (χ0v) is 19.1. The maximum absolute atomic E-state index is 12.1. The minimum Gasteiger partial charge on any atom is -0.389 e. The summed E-state index contributed by atoms with van der Waals surface area (Å²) in [5.74, 6) is 0.750. The maximum Gasteiger partial charge on any atom is 0.211 e. The molecule has 4 aliphatic carbocycles. The Morgan fingerprint density at radius 2 is 1.81 bits per heavy atom. The summed E-state index contributed by atoms with van der Waals surface area (Å²) in [5.41, 5.74) is 17.0. The Morgan fingerprint density at radius 1 is 1.06 bits per heavy atom. The molecule has 4 rings (SSSR count). The molecule has 4 saturated carbocycles. The van der Waals surface area contributed by atoms with Crippen LogP contribution in [0.5, 0.6) is 0 Å². The first-order valence-electron chi connectivity index (χ1n) is 11.7. The van der Waals surface area contributed by atoms with Crippen molar-refractivity contribution in [3.8, 4) is 0 Å². The Kier molecular flexibility index (Phi) is 5.52. The third-order valence-electron chi connectivity index (χ3n) is 9.67. The molecule has 32 heavy (non-hydrogen) atoms. The van der Waals surface area contributed by atoms with Crippen molar-refractivity contribution in [2.45, 2.75) is 82.8 Å². The predicted octanol–water partition coefficient (Wildman–Crippen LogP) is 0.973.